The molecular weight excluding hydrogens is 420 g/mol. The summed E-state index contributed by atoms with van der Waals surface area (Å²) in [6.45, 7) is 3.84. The Balaban J connectivity index is 1.85. The number of ketones is 1. The molecule has 2 heterocycles. The molecule has 4 rings (SSSR count). The first kappa shape index (κ1) is 22.1. The molecule has 1 atom stereocenters. The number of carbonyl (C=O) groups excluding carboxylic acids is 2. The van der Waals surface area contributed by atoms with Crippen molar-refractivity contribution in [2.75, 3.05) is 12.0 Å². The van der Waals surface area contributed by atoms with Crippen molar-refractivity contribution < 1.29 is 24.2 Å². The first-order valence-electron chi connectivity index (χ1n) is 10.5. The van der Waals surface area contributed by atoms with Crippen LogP contribution in [0.4, 0.5) is 5.82 Å². The van der Waals surface area contributed by atoms with E-state index in [4.69, 9.17) is 9.47 Å². The molecule has 168 valence electrons. The van der Waals surface area contributed by atoms with E-state index in [1.54, 1.807) is 80.0 Å². The zero-order chi connectivity index (χ0) is 23.5. The number of Topliss-reactive ketones (excluding diaryl/α,β-unsaturated/α-hetero) is 1. The second-order valence-electron chi connectivity index (χ2n) is 7.82. The Hall–Kier alpha value is -4.13. The zero-order valence-electron chi connectivity index (χ0n) is 18.6. The molecule has 1 aliphatic rings. The first-order chi connectivity index (χ1) is 15.9. The van der Waals surface area contributed by atoms with Crippen LogP contribution in [0.1, 0.15) is 31.0 Å². The summed E-state index contributed by atoms with van der Waals surface area (Å²) in [5, 5.41) is 11.2. The number of benzene rings is 2. The second-order valence-corrected chi connectivity index (χ2v) is 7.82. The van der Waals surface area contributed by atoms with Crippen molar-refractivity contribution in [3.8, 4) is 11.5 Å². The molecule has 33 heavy (non-hydrogen) atoms. The van der Waals surface area contributed by atoms with Gasteiger partial charge >= 0.3 is 5.91 Å². The monoisotopic (exact) mass is 444 g/mol. The molecule has 1 amide bonds. The minimum Gasteiger partial charge on any atom is -0.507 e. The van der Waals surface area contributed by atoms with Crippen LogP contribution in [0, 0.1) is 0 Å². The first-order valence-corrected chi connectivity index (χ1v) is 10.5. The van der Waals surface area contributed by atoms with E-state index >= 15 is 0 Å². The van der Waals surface area contributed by atoms with E-state index in [1.165, 1.54) is 4.90 Å². The average molecular weight is 444 g/mol. The van der Waals surface area contributed by atoms with Gasteiger partial charge in [0.2, 0.25) is 0 Å². The van der Waals surface area contributed by atoms with Crippen LogP contribution in [0.5, 0.6) is 11.5 Å². The summed E-state index contributed by atoms with van der Waals surface area (Å²) < 4.78 is 10.9. The molecule has 2 aromatic carbocycles. The number of aromatic nitrogens is 1. The second kappa shape index (κ2) is 9.16. The van der Waals surface area contributed by atoms with Gasteiger partial charge in [-0.2, -0.15) is 0 Å². The maximum Gasteiger partial charge on any atom is 0.301 e. The fourth-order valence-corrected chi connectivity index (χ4v) is 3.79. The third kappa shape index (κ3) is 4.30. The molecule has 0 spiro atoms. The molecule has 1 saturated heterocycles. The number of hydrogen-bond donors (Lipinski definition) is 1. The lowest BCUT2D eigenvalue weighted by Crippen LogP contribution is -2.30. The molecule has 0 saturated carbocycles. The molecule has 3 aromatic rings. The Morgan fingerprint density at radius 3 is 2.21 bits per heavy atom. The Bertz CT molecular complexity index is 1190. The van der Waals surface area contributed by atoms with Crippen molar-refractivity contribution in [2.45, 2.75) is 26.0 Å². The number of methoxy groups -OCH3 is 1. The summed E-state index contributed by atoms with van der Waals surface area (Å²) in [4.78, 5) is 31.8. The van der Waals surface area contributed by atoms with E-state index in [0.717, 1.165) is 0 Å². The highest BCUT2D eigenvalue weighted by Gasteiger charge is 2.47. The Morgan fingerprint density at radius 1 is 0.970 bits per heavy atom. The van der Waals surface area contributed by atoms with Gasteiger partial charge in [0, 0.05) is 11.8 Å². The van der Waals surface area contributed by atoms with Crippen LogP contribution in [-0.4, -0.2) is 35.0 Å². The van der Waals surface area contributed by atoms with E-state index < -0.39 is 17.7 Å². The van der Waals surface area contributed by atoms with E-state index in [-0.39, 0.29) is 17.4 Å². The third-order valence-electron chi connectivity index (χ3n) is 5.27. The van der Waals surface area contributed by atoms with E-state index in [0.29, 0.717) is 28.4 Å². The molecule has 0 radical (unpaired) electrons. The summed E-state index contributed by atoms with van der Waals surface area (Å²) >= 11 is 0. The van der Waals surface area contributed by atoms with Crippen molar-refractivity contribution in [3.05, 3.63) is 89.6 Å². The van der Waals surface area contributed by atoms with Gasteiger partial charge in [-0.1, -0.05) is 18.2 Å². The number of amides is 1. The largest absolute Gasteiger partial charge is 0.507 e. The molecule has 0 bridgehead atoms. The zero-order valence-corrected chi connectivity index (χ0v) is 18.6. The topological polar surface area (TPSA) is 89.0 Å². The fraction of sp³-hybridized carbons (Fsp3) is 0.192. The lowest BCUT2D eigenvalue weighted by atomic mass is 9.95. The van der Waals surface area contributed by atoms with Crippen molar-refractivity contribution in [3.63, 3.8) is 0 Å². The number of aliphatic hydroxyl groups is 1. The van der Waals surface area contributed by atoms with Crippen molar-refractivity contribution >= 4 is 23.3 Å². The van der Waals surface area contributed by atoms with Gasteiger partial charge in [-0.05, 0) is 67.9 Å². The van der Waals surface area contributed by atoms with Gasteiger partial charge in [-0.3, -0.25) is 14.5 Å². The van der Waals surface area contributed by atoms with Gasteiger partial charge in [0.1, 0.15) is 23.1 Å². The minimum absolute atomic E-state index is 0.00298. The average Bonchev–Trinajstić information content (AvgIpc) is 3.10. The molecule has 0 aliphatic carbocycles. The Kier molecular flexibility index (Phi) is 6.13. The fourth-order valence-electron chi connectivity index (χ4n) is 3.79. The van der Waals surface area contributed by atoms with Crippen LogP contribution in [0.2, 0.25) is 0 Å². The number of nitrogens with zero attached hydrogens (tertiary/aromatic N) is 2. The van der Waals surface area contributed by atoms with E-state index in [1.807, 2.05) is 13.8 Å². The van der Waals surface area contributed by atoms with Gasteiger partial charge in [-0.15, -0.1) is 0 Å². The Labute approximate surface area is 191 Å². The maximum atomic E-state index is 13.1. The van der Waals surface area contributed by atoms with Crippen LogP contribution in [0.15, 0.2) is 78.5 Å². The molecule has 1 unspecified atom stereocenters. The highest BCUT2D eigenvalue weighted by molar-refractivity contribution is 6.51. The number of aliphatic hydroxyl groups excluding tert-OH is 1. The molecule has 1 N–H and O–H groups in total. The predicted molar refractivity (Wildman–Crippen MR) is 124 cm³/mol. The van der Waals surface area contributed by atoms with Gasteiger partial charge < -0.3 is 14.6 Å². The smallest absolute Gasteiger partial charge is 0.301 e. The van der Waals surface area contributed by atoms with E-state index in [2.05, 4.69) is 4.98 Å². The number of rotatable bonds is 6. The van der Waals surface area contributed by atoms with Crippen molar-refractivity contribution in [2.24, 2.45) is 0 Å². The van der Waals surface area contributed by atoms with E-state index in [9.17, 15) is 14.7 Å². The third-order valence-corrected chi connectivity index (χ3v) is 5.27. The summed E-state index contributed by atoms with van der Waals surface area (Å²) in [5.74, 6) is -0.197. The Morgan fingerprint density at radius 2 is 1.64 bits per heavy atom. The summed E-state index contributed by atoms with van der Waals surface area (Å²) in [5.41, 5.74) is 1.04. The summed E-state index contributed by atoms with van der Waals surface area (Å²) in [6.07, 6.45) is 1.55. The normalized spacial score (nSPS) is 17.5. The van der Waals surface area contributed by atoms with Crippen molar-refractivity contribution in [1.29, 1.82) is 0 Å². The molecule has 1 aliphatic heterocycles. The predicted octanol–water partition coefficient (Wildman–Crippen LogP) is 4.50. The van der Waals surface area contributed by atoms with Gasteiger partial charge in [-0.25, -0.2) is 4.98 Å². The quantitative estimate of drug-likeness (QED) is 0.342. The number of hydrogen-bond acceptors (Lipinski definition) is 6. The number of ether oxygens (including phenoxy) is 2. The van der Waals surface area contributed by atoms with Gasteiger partial charge in [0.15, 0.2) is 0 Å². The van der Waals surface area contributed by atoms with Crippen LogP contribution >= 0.6 is 0 Å². The number of carbonyl (C=O) groups is 2. The highest BCUT2D eigenvalue weighted by atomic mass is 16.5. The molecular formula is C26H24N2O5. The standard InChI is InChI=1S/C26H24N2O5/c1-16(2)33-20-13-9-18(10-14-20)24(29)22-23(17-7-11-19(32-3)12-8-17)28(26(31)25(22)30)21-6-4-5-15-27-21/h4-16,23,29H,1-3H3. The van der Waals surface area contributed by atoms with Crippen molar-refractivity contribution in [1.82, 2.24) is 4.98 Å². The molecule has 7 heteroatoms. The molecule has 1 fully saturated rings. The van der Waals surface area contributed by atoms with Crippen LogP contribution in [-0.2, 0) is 9.59 Å². The number of pyridine rings is 1. The highest BCUT2D eigenvalue weighted by Crippen LogP contribution is 2.41. The van der Waals surface area contributed by atoms with Crippen LogP contribution < -0.4 is 14.4 Å². The minimum atomic E-state index is -0.850. The number of anilines is 1. The maximum absolute atomic E-state index is 13.1. The van der Waals surface area contributed by atoms with Gasteiger partial charge in [0.05, 0.1) is 24.8 Å². The lowest BCUT2D eigenvalue weighted by Gasteiger charge is -2.24. The van der Waals surface area contributed by atoms with Crippen LogP contribution in [0.3, 0.4) is 0 Å². The molecule has 7 nitrogen and oxygen atoms in total. The molecule has 1 aromatic heterocycles. The van der Waals surface area contributed by atoms with Gasteiger partial charge in [0.25, 0.3) is 5.78 Å². The lowest BCUT2D eigenvalue weighted by molar-refractivity contribution is -0.132. The van der Waals surface area contributed by atoms with Crippen LogP contribution in [0.25, 0.3) is 5.76 Å². The summed E-state index contributed by atoms with van der Waals surface area (Å²) in [6, 6.07) is 18.0. The summed E-state index contributed by atoms with van der Waals surface area (Å²) in [7, 11) is 1.56. The SMILES string of the molecule is COc1ccc(C2C(=C(O)c3ccc(OC(C)C)cc3)C(=O)C(=O)N2c2ccccn2)cc1.